The Bertz CT molecular complexity index is 1540. The fraction of sp³-hybridized carbons (Fsp3) is 0.200. The highest BCUT2D eigenvalue weighted by molar-refractivity contribution is 7.22. The molecular weight excluding hydrogens is 541 g/mol. The molecule has 1 fully saturated rings. The molecule has 4 aromatic rings. The number of nitrogens with zero attached hydrogens (tertiary/aromatic N) is 3. The third-order valence-electron chi connectivity index (χ3n) is 5.78. The lowest BCUT2D eigenvalue weighted by atomic mass is 10.2. The van der Waals surface area contributed by atoms with Crippen LogP contribution in [0.2, 0.25) is 5.02 Å². The first-order chi connectivity index (χ1) is 18.1. The Morgan fingerprint density at radius 2 is 1.74 bits per heavy atom. The van der Waals surface area contributed by atoms with E-state index >= 15 is 0 Å². The van der Waals surface area contributed by atoms with Gasteiger partial charge in [0.05, 0.1) is 10.6 Å². The number of alkyl halides is 3. The lowest BCUT2D eigenvalue weighted by Crippen LogP contribution is -2.20. The first-order valence-electron chi connectivity index (χ1n) is 11.4. The summed E-state index contributed by atoms with van der Waals surface area (Å²) in [5.41, 5.74) is 0.694. The zero-order chi connectivity index (χ0) is 27.0. The number of fused-ring (bicyclic) bond motifs is 1. The number of carbonyl (C=O) groups is 2. The van der Waals surface area contributed by atoms with Gasteiger partial charge in [0.2, 0.25) is 5.91 Å². The van der Waals surface area contributed by atoms with Crippen molar-refractivity contribution in [2.45, 2.75) is 19.0 Å². The van der Waals surface area contributed by atoms with Crippen LogP contribution in [-0.2, 0) is 11.0 Å². The number of hydrogen-bond acceptors (Lipinski definition) is 6. The number of hydrogen-bond donors (Lipinski definition) is 3. The van der Waals surface area contributed by atoms with E-state index in [9.17, 15) is 22.8 Å². The average molecular weight is 561 g/mol. The molecule has 13 heteroatoms. The Hall–Kier alpha value is -3.90. The molecule has 5 rings (SSSR count). The summed E-state index contributed by atoms with van der Waals surface area (Å²) in [6, 6.07) is 12.9. The number of pyridine rings is 1. The molecule has 0 aliphatic heterocycles. The number of halogens is 4. The van der Waals surface area contributed by atoms with Crippen LogP contribution in [0.25, 0.3) is 10.3 Å². The summed E-state index contributed by atoms with van der Waals surface area (Å²) < 4.78 is 39.3. The molecule has 1 aliphatic rings. The molecule has 0 atom stereocenters. The molecular formula is C25H20ClF3N6O2S. The molecule has 3 N–H and O–H groups in total. The number of anilines is 5. The first-order valence-corrected chi connectivity index (χ1v) is 12.6. The van der Waals surface area contributed by atoms with Crippen LogP contribution in [0, 0.1) is 5.92 Å². The Morgan fingerprint density at radius 1 is 1.00 bits per heavy atom. The zero-order valence-electron chi connectivity index (χ0n) is 19.8. The summed E-state index contributed by atoms with van der Waals surface area (Å²) in [4.78, 5) is 36.0. The molecule has 2 heterocycles. The van der Waals surface area contributed by atoms with Crippen molar-refractivity contribution in [2.24, 2.45) is 5.92 Å². The van der Waals surface area contributed by atoms with Crippen molar-refractivity contribution in [1.82, 2.24) is 9.97 Å². The van der Waals surface area contributed by atoms with Gasteiger partial charge in [0, 0.05) is 30.0 Å². The van der Waals surface area contributed by atoms with E-state index in [-0.39, 0.29) is 17.5 Å². The van der Waals surface area contributed by atoms with Gasteiger partial charge in [-0.2, -0.15) is 13.2 Å². The fourth-order valence-electron chi connectivity index (χ4n) is 3.64. The Kier molecular flexibility index (Phi) is 6.84. The molecule has 1 aliphatic carbocycles. The van der Waals surface area contributed by atoms with Crippen LogP contribution in [0.5, 0.6) is 0 Å². The van der Waals surface area contributed by atoms with Crippen LogP contribution in [0.1, 0.15) is 18.4 Å². The first kappa shape index (κ1) is 25.7. The fourth-order valence-corrected chi connectivity index (χ4v) is 4.70. The summed E-state index contributed by atoms with van der Waals surface area (Å²) in [5, 5.41) is 7.89. The summed E-state index contributed by atoms with van der Waals surface area (Å²) >= 11 is 6.92. The minimum absolute atomic E-state index is 0.0217. The number of nitrogens with one attached hydrogen (secondary N) is 3. The second-order valence-electron chi connectivity index (χ2n) is 8.66. The smallest absolute Gasteiger partial charge is 0.329 e. The van der Waals surface area contributed by atoms with Gasteiger partial charge in [-0.3, -0.25) is 4.79 Å². The maximum atomic E-state index is 13.1. The van der Waals surface area contributed by atoms with Gasteiger partial charge < -0.3 is 20.9 Å². The molecule has 0 radical (unpaired) electrons. The second-order valence-corrected chi connectivity index (χ2v) is 10.0. The summed E-state index contributed by atoms with van der Waals surface area (Å²) in [7, 11) is 1.80. The van der Waals surface area contributed by atoms with E-state index in [0.717, 1.165) is 25.0 Å². The lowest BCUT2D eigenvalue weighted by Gasteiger charge is -2.19. The maximum Gasteiger partial charge on any atom is 0.417 e. The van der Waals surface area contributed by atoms with Gasteiger partial charge in [0.1, 0.15) is 16.2 Å². The molecule has 196 valence electrons. The molecule has 0 bridgehead atoms. The van der Waals surface area contributed by atoms with Crippen molar-refractivity contribution in [3.8, 4) is 0 Å². The van der Waals surface area contributed by atoms with Crippen molar-refractivity contribution in [3.05, 3.63) is 65.2 Å². The van der Waals surface area contributed by atoms with Gasteiger partial charge in [-0.05, 0) is 61.4 Å². The molecule has 2 aromatic carbocycles. The van der Waals surface area contributed by atoms with Crippen LogP contribution in [0.15, 0.2) is 54.6 Å². The summed E-state index contributed by atoms with van der Waals surface area (Å²) in [5.74, 6) is 0.665. The van der Waals surface area contributed by atoms with E-state index in [1.165, 1.54) is 17.4 Å². The maximum absolute atomic E-state index is 13.1. The van der Waals surface area contributed by atoms with Crippen molar-refractivity contribution in [1.29, 1.82) is 0 Å². The van der Waals surface area contributed by atoms with Crippen molar-refractivity contribution in [3.63, 3.8) is 0 Å². The summed E-state index contributed by atoms with van der Waals surface area (Å²) in [6.07, 6.45) is -2.84. The van der Waals surface area contributed by atoms with Gasteiger partial charge in [0.25, 0.3) is 0 Å². The van der Waals surface area contributed by atoms with E-state index in [4.69, 9.17) is 11.6 Å². The van der Waals surface area contributed by atoms with Gasteiger partial charge in [-0.25, -0.2) is 14.8 Å². The highest BCUT2D eigenvalue weighted by Gasteiger charge is 2.33. The molecule has 0 saturated heterocycles. The monoisotopic (exact) mass is 560 g/mol. The number of amides is 3. The third kappa shape index (κ3) is 5.81. The van der Waals surface area contributed by atoms with Gasteiger partial charge in [-0.1, -0.05) is 29.0 Å². The molecule has 2 aromatic heterocycles. The third-order valence-corrected chi connectivity index (χ3v) is 6.99. The number of aromatic nitrogens is 2. The Labute approximate surface area is 223 Å². The molecule has 0 unspecified atom stereocenters. The highest BCUT2D eigenvalue weighted by atomic mass is 35.5. The van der Waals surface area contributed by atoms with Crippen LogP contribution >= 0.6 is 22.9 Å². The standard InChI is InChI=1S/C25H20ClF3N6O2S/c1-35(20-10-9-19-22(33-20)38-24(32-19)34-21(36)13-5-6-13)16-4-2-3-14(11-16)30-23(37)31-15-7-8-18(26)17(12-15)25(27,28)29/h2-4,7-13H,5-6H2,1H3,(H2,30,31,37)(H,32,34,36). The predicted molar refractivity (Wildman–Crippen MR) is 142 cm³/mol. The van der Waals surface area contributed by atoms with E-state index in [2.05, 4.69) is 25.9 Å². The molecule has 38 heavy (non-hydrogen) atoms. The van der Waals surface area contributed by atoms with Crippen LogP contribution < -0.4 is 20.9 Å². The quantitative estimate of drug-likeness (QED) is 0.233. The normalized spacial score (nSPS) is 13.3. The van der Waals surface area contributed by atoms with Gasteiger partial charge in [0.15, 0.2) is 5.13 Å². The van der Waals surface area contributed by atoms with E-state index in [0.29, 0.717) is 32.7 Å². The predicted octanol–water partition coefficient (Wildman–Crippen LogP) is 7.12. The van der Waals surface area contributed by atoms with E-state index < -0.39 is 22.8 Å². The average Bonchev–Trinajstić information content (AvgIpc) is 3.64. The number of urea groups is 1. The topological polar surface area (TPSA) is 99.3 Å². The van der Waals surface area contributed by atoms with Crippen molar-refractivity contribution < 1.29 is 22.8 Å². The van der Waals surface area contributed by atoms with E-state index in [1.807, 2.05) is 12.1 Å². The van der Waals surface area contributed by atoms with E-state index in [1.54, 1.807) is 36.2 Å². The zero-order valence-corrected chi connectivity index (χ0v) is 21.3. The number of rotatable bonds is 6. The van der Waals surface area contributed by atoms with Crippen LogP contribution in [-0.4, -0.2) is 29.0 Å². The molecule has 0 spiro atoms. The number of thiazole rings is 1. The summed E-state index contributed by atoms with van der Waals surface area (Å²) in [6.45, 7) is 0. The van der Waals surface area contributed by atoms with Crippen molar-refractivity contribution >= 4 is 73.2 Å². The largest absolute Gasteiger partial charge is 0.417 e. The van der Waals surface area contributed by atoms with Gasteiger partial charge >= 0.3 is 12.2 Å². The number of benzene rings is 2. The van der Waals surface area contributed by atoms with Gasteiger partial charge in [-0.15, -0.1) is 0 Å². The van der Waals surface area contributed by atoms with Crippen molar-refractivity contribution in [2.75, 3.05) is 27.9 Å². The second kappa shape index (κ2) is 10.1. The molecule has 8 nitrogen and oxygen atoms in total. The lowest BCUT2D eigenvalue weighted by molar-refractivity contribution is -0.137. The van der Waals surface area contributed by atoms with Crippen LogP contribution in [0.3, 0.4) is 0 Å². The highest BCUT2D eigenvalue weighted by Crippen LogP contribution is 2.36. The van der Waals surface area contributed by atoms with Crippen LogP contribution in [0.4, 0.5) is 46.0 Å². The molecule has 3 amide bonds. The molecule has 1 saturated carbocycles. The Balaban J connectivity index is 1.28. The Morgan fingerprint density at radius 3 is 2.45 bits per heavy atom. The SMILES string of the molecule is CN(c1cccc(NC(=O)Nc2ccc(Cl)c(C(F)(F)F)c2)c1)c1ccc2nc(NC(=O)C3CC3)sc2n1. The minimum Gasteiger partial charge on any atom is -0.329 e. The minimum atomic E-state index is -4.65. The number of carbonyl (C=O) groups excluding carboxylic acids is 2.